The zero-order valence-corrected chi connectivity index (χ0v) is 12.3. The van der Waals surface area contributed by atoms with Gasteiger partial charge in [0.25, 0.3) is 0 Å². The number of amides is 1. The average Bonchev–Trinajstić information content (AvgIpc) is 2.96. The number of carbonyl (C=O) groups excluding carboxylic acids is 1. The monoisotopic (exact) mass is 333 g/mol. The molecule has 0 aromatic heterocycles. The van der Waals surface area contributed by atoms with Crippen molar-refractivity contribution in [2.75, 3.05) is 13.2 Å². The highest BCUT2D eigenvalue weighted by molar-refractivity contribution is 5.78. The molecule has 2 rings (SSSR count). The molecule has 1 aliphatic rings. The van der Waals surface area contributed by atoms with Crippen molar-refractivity contribution in [3.8, 4) is 5.75 Å². The number of rotatable bonds is 7. The molecule has 128 valence electrons. The van der Waals surface area contributed by atoms with Crippen LogP contribution in [0, 0.1) is 5.82 Å². The predicted octanol–water partition coefficient (Wildman–Crippen LogP) is 1.63. The maximum atomic E-state index is 13.5. The Morgan fingerprint density at radius 2 is 2.13 bits per heavy atom. The number of alkyl halides is 2. The Bertz CT molecular complexity index is 541. The summed E-state index contributed by atoms with van der Waals surface area (Å²) < 4.78 is 47.1. The van der Waals surface area contributed by atoms with Crippen molar-refractivity contribution in [2.45, 2.75) is 38.1 Å². The Kier molecular flexibility index (Phi) is 6.23. The summed E-state index contributed by atoms with van der Waals surface area (Å²) in [4.78, 5) is 11.8. The molecule has 2 atom stereocenters. The molecule has 1 amide bonds. The highest BCUT2D eigenvalue weighted by atomic mass is 19.3. The van der Waals surface area contributed by atoms with Gasteiger partial charge in [-0.1, -0.05) is 6.07 Å². The summed E-state index contributed by atoms with van der Waals surface area (Å²) >= 11 is 0. The number of benzene rings is 1. The molecule has 0 bridgehead atoms. The highest BCUT2D eigenvalue weighted by Crippen LogP contribution is 2.21. The molecule has 1 aliphatic heterocycles. The largest absolute Gasteiger partial charge is 0.432 e. The predicted molar refractivity (Wildman–Crippen MR) is 74.7 cm³/mol. The first-order chi connectivity index (χ1) is 11.0. The maximum absolute atomic E-state index is 13.5. The van der Waals surface area contributed by atoms with Crippen molar-refractivity contribution < 1.29 is 32.5 Å². The van der Waals surface area contributed by atoms with E-state index in [1.165, 1.54) is 6.07 Å². The Balaban J connectivity index is 1.80. The van der Waals surface area contributed by atoms with E-state index >= 15 is 0 Å². The molecule has 0 aliphatic carbocycles. The van der Waals surface area contributed by atoms with E-state index < -0.39 is 18.2 Å². The first kappa shape index (κ1) is 17.6. The third-order valence-electron chi connectivity index (χ3n) is 3.50. The van der Waals surface area contributed by atoms with Crippen LogP contribution in [0.2, 0.25) is 0 Å². The molecule has 1 heterocycles. The van der Waals surface area contributed by atoms with E-state index in [0.717, 1.165) is 25.0 Å². The van der Waals surface area contributed by atoms with Crippen molar-refractivity contribution in [3.05, 3.63) is 29.6 Å². The summed E-state index contributed by atoms with van der Waals surface area (Å²) in [6, 6.07) is 3.41. The number of hydrogen-bond donors (Lipinski definition) is 2. The van der Waals surface area contributed by atoms with Gasteiger partial charge in [-0.15, -0.1) is 0 Å². The summed E-state index contributed by atoms with van der Waals surface area (Å²) in [6.07, 6.45) is 1.08. The Morgan fingerprint density at radius 3 is 2.74 bits per heavy atom. The molecule has 1 aromatic carbocycles. The smallest absolute Gasteiger partial charge is 0.387 e. The molecular weight excluding hydrogens is 315 g/mol. The van der Waals surface area contributed by atoms with Gasteiger partial charge in [-0.3, -0.25) is 4.79 Å². The van der Waals surface area contributed by atoms with Crippen molar-refractivity contribution in [2.24, 2.45) is 0 Å². The van der Waals surface area contributed by atoms with E-state index in [2.05, 4.69) is 10.1 Å². The first-order valence-corrected chi connectivity index (χ1v) is 7.24. The molecule has 2 N–H and O–H groups in total. The summed E-state index contributed by atoms with van der Waals surface area (Å²) in [5.74, 6) is -1.83. The van der Waals surface area contributed by atoms with Gasteiger partial charge in [0, 0.05) is 6.54 Å². The van der Waals surface area contributed by atoms with Gasteiger partial charge in [0.2, 0.25) is 5.91 Å². The molecule has 0 saturated carbocycles. The zero-order chi connectivity index (χ0) is 16.8. The molecular formula is C15H18F3NO4. The van der Waals surface area contributed by atoms with Crippen LogP contribution in [-0.2, 0) is 16.0 Å². The maximum Gasteiger partial charge on any atom is 0.387 e. The van der Waals surface area contributed by atoms with Gasteiger partial charge < -0.3 is 19.9 Å². The van der Waals surface area contributed by atoms with Crippen LogP contribution in [0.4, 0.5) is 13.2 Å². The minimum absolute atomic E-state index is 0.0449. The normalized spacial score (nSPS) is 20.7. The minimum atomic E-state index is -3.10. The Morgan fingerprint density at radius 1 is 1.39 bits per heavy atom. The lowest BCUT2D eigenvalue weighted by Crippen LogP contribution is -2.33. The standard InChI is InChI=1S/C15H18F3NO4/c16-12-5-9(1-4-13(12)23-15(17)18)6-14(21)19-7-10-2-3-11(8-20)22-10/h1,4-5,10-11,15,20H,2-3,6-8H2,(H,19,21)/t10-,11+/m1/s1. The van der Waals surface area contributed by atoms with Crippen molar-refractivity contribution >= 4 is 5.91 Å². The van der Waals surface area contributed by atoms with Crippen LogP contribution in [0.5, 0.6) is 5.75 Å². The summed E-state index contributed by atoms with van der Waals surface area (Å²) in [5, 5.41) is 11.6. The molecule has 1 aromatic rings. The molecule has 0 radical (unpaired) electrons. The second-order valence-electron chi connectivity index (χ2n) is 5.26. The van der Waals surface area contributed by atoms with E-state index in [0.29, 0.717) is 12.1 Å². The Labute approximate surface area is 131 Å². The quantitative estimate of drug-likeness (QED) is 0.796. The van der Waals surface area contributed by atoms with Gasteiger partial charge in [-0.2, -0.15) is 8.78 Å². The van der Waals surface area contributed by atoms with E-state index in [4.69, 9.17) is 9.84 Å². The van der Waals surface area contributed by atoms with E-state index in [1.54, 1.807) is 0 Å². The highest BCUT2D eigenvalue weighted by Gasteiger charge is 2.24. The molecule has 0 spiro atoms. The number of ether oxygens (including phenoxy) is 2. The minimum Gasteiger partial charge on any atom is -0.432 e. The van der Waals surface area contributed by atoms with Gasteiger partial charge in [0.1, 0.15) is 0 Å². The number of halogens is 3. The lowest BCUT2D eigenvalue weighted by atomic mass is 10.1. The van der Waals surface area contributed by atoms with Crippen LogP contribution >= 0.6 is 0 Å². The van der Waals surface area contributed by atoms with E-state index in [1.807, 2.05) is 0 Å². The molecule has 1 saturated heterocycles. The molecule has 1 fully saturated rings. The van der Waals surface area contributed by atoms with E-state index in [9.17, 15) is 18.0 Å². The lowest BCUT2D eigenvalue weighted by Gasteiger charge is -2.13. The van der Waals surface area contributed by atoms with Gasteiger partial charge in [0.05, 0.1) is 25.2 Å². The van der Waals surface area contributed by atoms with Crippen LogP contribution in [0.25, 0.3) is 0 Å². The number of aliphatic hydroxyl groups excluding tert-OH is 1. The van der Waals surface area contributed by atoms with Gasteiger partial charge in [-0.05, 0) is 30.5 Å². The summed E-state index contributed by atoms with van der Waals surface area (Å²) in [6.45, 7) is -2.84. The number of hydrogen-bond acceptors (Lipinski definition) is 4. The van der Waals surface area contributed by atoms with Gasteiger partial charge in [-0.25, -0.2) is 4.39 Å². The SMILES string of the molecule is O=C(Cc1ccc(OC(F)F)c(F)c1)NC[C@H]1CC[C@@H](CO)O1. The fourth-order valence-corrected chi connectivity index (χ4v) is 2.39. The molecule has 5 nitrogen and oxygen atoms in total. The molecule has 8 heteroatoms. The zero-order valence-electron chi connectivity index (χ0n) is 12.3. The van der Waals surface area contributed by atoms with Gasteiger partial charge in [0.15, 0.2) is 11.6 Å². The van der Waals surface area contributed by atoms with Crippen LogP contribution in [0.3, 0.4) is 0 Å². The summed E-state index contributed by atoms with van der Waals surface area (Å²) in [5.41, 5.74) is 0.349. The summed E-state index contributed by atoms with van der Waals surface area (Å²) in [7, 11) is 0. The number of aliphatic hydroxyl groups is 1. The fourth-order valence-electron chi connectivity index (χ4n) is 2.39. The van der Waals surface area contributed by atoms with Crippen LogP contribution in [0.1, 0.15) is 18.4 Å². The lowest BCUT2D eigenvalue weighted by molar-refractivity contribution is -0.121. The molecule has 23 heavy (non-hydrogen) atoms. The number of nitrogens with one attached hydrogen (secondary N) is 1. The van der Waals surface area contributed by atoms with Crippen LogP contribution in [-0.4, -0.2) is 43.0 Å². The third kappa shape index (κ3) is 5.40. The second-order valence-corrected chi connectivity index (χ2v) is 5.26. The van der Waals surface area contributed by atoms with Crippen LogP contribution < -0.4 is 10.1 Å². The van der Waals surface area contributed by atoms with Crippen molar-refractivity contribution in [1.82, 2.24) is 5.32 Å². The Hall–Kier alpha value is -1.80. The topological polar surface area (TPSA) is 67.8 Å². The van der Waals surface area contributed by atoms with Gasteiger partial charge >= 0.3 is 6.61 Å². The van der Waals surface area contributed by atoms with Crippen molar-refractivity contribution in [3.63, 3.8) is 0 Å². The first-order valence-electron chi connectivity index (χ1n) is 7.24. The number of carbonyl (C=O) groups is 1. The second kappa shape index (κ2) is 8.16. The van der Waals surface area contributed by atoms with Crippen LogP contribution in [0.15, 0.2) is 18.2 Å². The van der Waals surface area contributed by atoms with Crippen molar-refractivity contribution in [1.29, 1.82) is 0 Å². The fraction of sp³-hybridized carbons (Fsp3) is 0.533. The molecule has 0 unspecified atom stereocenters. The van der Waals surface area contributed by atoms with E-state index in [-0.39, 0.29) is 31.1 Å². The average molecular weight is 333 g/mol. The third-order valence-corrected chi connectivity index (χ3v) is 3.50.